The third kappa shape index (κ3) is 45.6. The lowest BCUT2D eigenvalue weighted by Gasteiger charge is -2.02. The highest BCUT2D eigenvalue weighted by atomic mass is 16.5. The summed E-state index contributed by atoms with van der Waals surface area (Å²) in [6.07, 6.45) is 17.0. The van der Waals surface area contributed by atoms with Gasteiger partial charge in [-0.15, -0.1) is 0 Å². The molecule has 0 aromatic carbocycles. The SMILES string of the molecule is C.CCCCCCCCC(=O)O.CCCCCCCCC(=O)OCCC.CCCO. The molecule has 30 heavy (non-hydrogen) atoms. The summed E-state index contributed by atoms with van der Waals surface area (Å²) in [6, 6.07) is 0. The number of aliphatic carboxylic acids is 1. The van der Waals surface area contributed by atoms with Crippen molar-refractivity contribution >= 4 is 11.9 Å². The molecule has 0 aliphatic rings. The second-order valence-electron chi connectivity index (χ2n) is 7.37. The molecule has 184 valence electrons. The summed E-state index contributed by atoms with van der Waals surface area (Å²) < 4.78 is 4.98. The second-order valence-corrected chi connectivity index (χ2v) is 7.37. The number of rotatable bonds is 17. The van der Waals surface area contributed by atoms with E-state index in [1.54, 1.807) is 0 Å². The Morgan fingerprint density at radius 3 is 1.40 bits per heavy atom. The van der Waals surface area contributed by atoms with Gasteiger partial charge in [-0.2, -0.15) is 0 Å². The maximum Gasteiger partial charge on any atom is 0.305 e. The largest absolute Gasteiger partial charge is 0.481 e. The van der Waals surface area contributed by atoms with E-state index in [4.69, 9.17) is 14.9 Å². The highest BCUT2D eigenvalue weighted by Gasteiger charge is 2.00. The van der Waals surface area contributed by atoms with Gasteiger partial charge in [-0.3, -0.25) is 9.59 Å². The molecule has 0 amide bonds. The Labute approximate surface area is 188 Å². The van der Waals surface area contributed by atoms with E-state index in [2.05, 4.69) is 13.8 Å². The molecule has 0 aliphatic heterocycles. The molecule has 5 heteroatoms. The fourth-order valence-electron chi connectivity index (χ4n) is 2.39. The Morgan fingerprint density at radius 1 is 0.633 bits per heavy atom. The van der Waals surface area contributed by atoms with Gasteiger partial charge in [0.25, 0.3) is 0 Å². The van der Waals surface area contributed by atoms with Crippen LogP contribution < -0.4 is 0 Å². The van der Waals surface area contributed by atoms with E-state index in [-0.39, 0.29) is 13.4 Å². The molecule has 0 rings (SSSR count). The summed E-state index contributed by atoms with van der Waals surface area (Å²) in [5.41, 5.74) is 0. The Balaban J connectivity index is -0.000000189. The molecular formula is C25H54O5. The monoisotopic (exact) mass is 434 g/mol. The van der Waals surface area contributed by atoms with Crippen molar-refractivity contribution in [1.29, 1.82) is 0 Å². The zero-order chi connectivity index (χ0) is 22.6. The van der Waals surface area contributed by atoms with Gasteiger partial charge in [0, 0.05) is 19.4 Å². The molecule has 0 bridgehead atoms. The van der Waals surface area contributed by atoms with Crippen LogP contribution >= 0.6 is 0 Å². The number of carbonyl (C=O) groups is 2. The first-order valence-electron chi connectivity index (χ1n) is 12.0. The zero-order valence-corrected chi connectivity index (χ0v) is 19.8. The number of ether oxygens (including phenoxy) is 1. The molecule has 0 saturated carbocycles. The number of carboxylic acids is 1. The number of esters is 1. The molecule has 0 aromatic heterocycles. The molecule has 0 aromatic rings. The van der Waals surface area contributed by atoms with Crippen molar-refractivity contribution in [3.8, 4) is 0 Å². The van der Waals surface area contributed by atoms with Crippen molar-refractivity contribution in [2.45, 2.75) is 138 Å². The average Bonchev–Trinajstić information content (AvgIpc) is 2.72. The van der Waals surface area contributed by atoms with Gasteiger partial charge in [-0.05, 0) is 25.7 Å². The topological polar surface area (TPSA) is 83.8 Å². The smallest absolute Gasteiger partial charge is 0.305 e. The highest BCUT2D eigenvalue weighted by molar-refractivity contribution is 5.69. The first-order valence-corrected chi connectivity index (χ1v) is 12.0. The maximum absolute atomic E-state index is 11.1. The number of aliphatic hydroxyl groups is 1. The Kier molecular flexibility index (Phi) is 42.7. The number of aliphatic hydroxyl groups excluding tert-OH is 1. The molecule has 0 radical (unpaired) electrons. The summed E-state index contributed by atoms with van der Waals surface area (Å²) in [6.45, 7) is 9.23. The van der Waals surface area contributed by atoms with Crippen molar-refractivity contribution < 1.29 is 24.5 Å². The van der Waals surface area contributed by atoms with E-state index in [0.29, 0.717) is 26.1 Å². The second kappa shape index (κ2) is 35.3. The molecule has 0 unspecified atom stereocenters. The summed E-state index contributed by atoms with van der Waals surface area (Å²) >= 11 is 0. The molecule has 2 N–H and O–H groups in total. The van der Waals surface area contributed by atoms with E-state index >= 15 is 0 Å². The van der Waals surface area contributed by atoms with Crippen molar-refractivity contribution in [3.63, 3.8) is 0 Å². The van der Waals surface area contributed by atoms with E-state index in [0.717, 1.165) is 32.1 Å². The van der Waals surface area contributed by atoms with Crippen LogP contribution in [0.3, 0.4) is 0 Å². The van der Waals surface area contributed by atoms with Gasteiger partial charge in [0.2, 0.25) is 0 Å². The van der Waals surface area contributed by atoms with Crippen LogP contribution in [-0.4, -0.2) is 35.4 Å². The number of hydrogen-bond acceptors (Lipinski definition) is 4. The normalized spacial score (nSPS) is 9.37. The van der Waals surface area contributed by atoms with Crippen LogP contribution in [-0.2, 0) is 14.3 Å². The van der Waals surface area contributed by atoms with Crippen LogP contribution in [0.5, 0.6) is 0 Å². The van der Waals surface area contributed by atoms with Gasteiger partial charge in [-0.1, -0.05) is 99.3 Å². The van der Waals surface area contributed by atoms with E-state index < -0.39 is 5.97 Å². The fraction of sp³-hybridized carbons (Fsp3) is 0.920. The van der Waals surface area contributed by atoms with Crippen LogP contribution in [0.15, 0.2) is 0 Å². The Hall–Kier alpha value is -1.10. The summed E-state index contributed by atoms with van der Waals surface area (Å²) in [7, 11) is 0. The standard InChI is InChI=1S/C12H24O2.C9H18O2.C3H8O.CH4/c1-3-5-6-7-8-9-10-12(13)14-11-4-2;1-2-3-4-5-6-7-8-9(10)11;1-2-3-4;/h3-11H2,1-2H3;2-8H2,1H3,(H,10,11);4H,2-3H2,1H3;1H4. The quantitative estimate of drug-likeness (QED) is 0.182. The Morgan fingerprint density at radius 2 is 1.03 bits per heavy atom. The third-order valence-corrected chi connectivity index (χ3v) is 4.17. The molecule has 5 nitrogen and oxygen atoms in total. The first-order chi connectivity index (χ1) is 14.0. The van der Waals surface area contributed by atoms with Crippen molar-refractivity contribution in [2.75, 3.05) is 13.2 Å². The maximum atomic E-state index is 11.1. The van der Waals surface area contributed by atoms with Gasteiger partial charge in [-0.25, -0.2) is 0 Å². The summed E-state index contributed by atoms with van der Waals surface area (Å²) in [5, 5.41) is 16.2. The van der Waals surface area contributed by atoms with Gasteiger partial charge in [0.1, 0.15) is 0 Å². The van der Waals surface area contributed by atoms with E-state index in [1.165, 1.54) is 57.8 Å². The lowest BCUT2D eigenvalue weighted by molar-refractivity contribution is -0.143. The minimum atomic E-state index is -0.666. The van der Waals surface area contributed by atoms with Crippen LogP contribution in [0.1, 0.15) is 138 Å². The lowest BCUT2D eigenvalue weighted by atomic mass is 10.1. The van der Waals surface area contributed by atoms with Gasteiger partial charge >= 0.3 is 11.9 Å². The van der Waals surface area contributed by atoms with Crippen molar-refractivity contribution in [2.24, 2.45) is 0 Å². The Bertz CT molecular complexity index is 317. The number of carboxylic acid groups (broad SMARTS) is 1. The van der Waals surface area contributed by atoms with Crippen LogP contribution in [0.25, 0.3) is 0 Å². The molecule has 0 atom stereocenters. The zero-order valence-electron chi connectivity index (χ0n) is 19.8. The number of hydrogen-bond donors (Lipinski definition) is 2. The number of unbranched alkanes of at least 4 members (excludes halogenated alkanes) is 10. The fourth-order valence-corrected chi connectivity index (χ4v) is 2.39. The molecule has 0 heterocycles. The molecule has 0 saturated heterocycles. The molecular weight excluding hydrogens is 380 g/mol. The molecule has 0 aliphatic carbocycles. The third-order valence-electron chi connectivity index (χ3n) is 4.17. The minimum Gasteiger partial charge on any atom is -0.481 e. The highest BCUT2D eigenvalue weighted by Crippen LogP contribution is 2.07. The molecule has 0 spiro atoms. The van der Waals surface area contributed by atoms with E-state index in [1.807, 2.05) is 13.8 Å². The molecule has 0 fully saturated rings. The van der Waals surface area contributed by atoms with Crippen molar-refractivity contribution in [3.05, 3.63) is 0 Å². The lowest BCUT2D eigenvalue weighted by Crippen LogP contribution is -2.04. The summed E-state index contributed by atoms with van der Waals surface area (Å²) in [4.78, 5) is 21.2. The van der Waals surface area contributed by atoms with Gasteiger partial charge in [0.15, 0.2) is 0 Å². The first kappa shape index (κ1) is 36.3. The van der Waals surface area contributed by atoms with Crippen LogP contribution in [0.2, 0.25) is 0 Å². The van der Waals surface area contributed by atoms with Gasteiger partial charge in [0.05, 0.1) is 6.61 Å². The average molecular weight is 435 g/mol. The van der Waals surface area contributed by atoms with E-state index in [9.17, 15) is 9.59 Å². The minimum absolute atomic E-state index is 0. The predicted molar refractivity (Wildman–Crippen MR) is 129 cm³/mol. The summed E-state index contributed by atoms with van der Waals surface area (Å²) in [5.74, 6) is -0.692. The van der Waals surface area contributed by atoms with Gasteiger partial charge < -0.3 is 14.9 Å². The number of carbonyl (C=O) groups excluding carboxylic acids is 1. The predicted octanol–water partition coefficient (Wildman–Crippen LogP) is 7.54. The van der Waals surface area contributed by atoms with Crippen molar-refractivity contribution in [1.82, 2.24) is 0 Å². The van der Waals surface area contributed by atoms with Crippen LogP contribution in [0.4, 0.5) is 0 Å². The van der Waals surface area contributed by atoms with Crippen LogP contribution in [0, 0.1) is 0 Å².